The molecule has 1 amide bonds. The molecule has 0 radical (unpaired) electrons. The highest BCUT2D eigenvalue weighted by Crippen LogP contribution is 2.33. The van der Waals surface area contributed by atoms with Crippen molar-refractivity contribution in [1.29, 1.82) is 0 Å². The fourth-order valence-electron chi connectivity index (χ4n) is 2.58. The predicted molar refractivity (Wildman–Crippen MR) is 69.3 cm³/mol. The van der Waals surface area contributed by atoms with Gasteiger partial charge in [0, 0.05) is 19.6 Å². The molecule has 1 unspecified atom stereocenters. The third-order valence-corrected chi connectivity index (χ3v) is 4.04. The lowest BCUT2D eigenvalue weighted by Gasteiger charge is -2.25. The van der Waals surface area contributed by atoms with Gasteiger partial charge >= 0.3 is 5.97 Å². The molecule has 18 heavy (non-hydrogen) atoms. The molecular formula is C13H24N2O3. The van der Waals surface area contributed by atoms with Crippen LogP contribution in [0.5, 0.6) is 0 Å². The Labute approximate surface area is 109 Å². The number of rotatable bonds is 6. The predicted octanol–water partition coefficient (Wildman–Crippen LogP) is 1.04. The van der Waals surface area contributed by atoms with Gasteiger partial charge in [-0.15, -0.1) is 0 Å². The number of carboxylic acid groups (broad SMARTS) is 1. The second-order valence-corrected chi connectivity index (χ2v) is 4.97. The Bertz CT molecular complexity index is 315. The lowest BCUT2D eigenvalue weighted by molar-refractivity contribution is -0.148. The van der Waals surface area contributed by atoms with E-state index in [-0.39, 0.29) is 5.91 Å². The average Bonchev–Trinajstić information content (AvgIpc) is 2.75. The van der Waals surface area contributed by atoms with E-state index in [1.807, 2.05) is 25.7 Å². The molecule has 5 nitrogen and oxygen atoms in total. The third-order valence-electron chi connectivity index (χ3n) is 4.04. The van der Waals surface area contributed by atoms with Gasteiger partial charge in [-0.25, -0.2) is 0 Å². The summed E-state index contributed by atoms with van der Waals surface area (Å²) < 4.78 is 0. The van der Waals surface area contributed by atoms with E-state index >= 15 is 0 Å². The van der Waals surface area contributed by atoms with Crippen molar-refractivity contribution in [2.45, 2.75) is 33.6 Å². The van der Waals surface area contributed by atoms with Gasteiger partial charge in [-0.05, 0) is 33.2 Å². The van der Waals surface area contributed by atoms with Crippen LogP contribution in [0.15, 0.2) is 0 Å². The van der Waals surface area contributed by atoms with Crippen LogP contribution < -0.4 is 0 Å². The van der Waals surface area contributed by atoms with Crippen LogP contribution in [0.2, 0.25) is 0 Å². The fourth-order valence-corrected chi connectivity index (χ4v) is 2.58. The molecule has 0 saturated carbocycles. The molecule has 1 aliphatic heterocycles. The molecule has 1 rings (SSSR count). The molecule has 0 bridgehead atoms. The van der Waals surface area contributed by atoms with Gasteiger partial charge in [-0.1, -0.05) is 6.92 Å². The minimum absolute atomic E-state index is 0.0947. The molecule has 0 aromatic carbocycles. The second-order valence-electron chi connectivity index (χ2n) is 4.97. The Morgan fingerprint density at radius 2 is 1.89 bits per heavy atom. The highest BCUT2D eigenvalue weighted by molar-refractivity contribution is 5.79. The summed E-state index contributed by atoms with van der Waals surface area (Å²) in [6.07, 6.45) is 1.27. The number of likely N-dealkylation sites (N-methyl/N-ethyl adjacent to an activating group) is 1. The Morgan fingerprint density at radius 1 is 1.28 bits per heavy atom. The Kier molecular flexibility index (Phi) is 5.14. The maximum Gasteiger partial charge on any atom is 0.310 e. The topological polar surface area (TPSA) is 60.9 Å². The molecule has 1 saturated heterocycles. The van der Waals surface area contributed by atoms with Crippen LogP contribution in [0.25, 0.3) is 0 Å². The average molecular weight is 256 g/mol. The van der Waals surface area contributed by atoms with Crippen molar-refractivity contribution < 1.29 is 14.7 Å². The van der Waals surface area contributed by atoms with Crippen LogP contribution in [0.4, 0.5) is 0 Å². The molecule has 0 aromatic rings. The van der Waals surface area contributed by atoms with Gasteiger partial charge in [-0.2, -0.15) is 0 Å². The first-order valence-corrected chi connectivity index (χ1v) is 6.72. The zero-order valence-electron chi connectivity index (χ0n) is 11.6. The van der Waals surface area contributed by atoms with Gasteiger partial charge in [-0.3, -0.25) is 14.5 Å². The van der Waals surface area contributed by atoms with E-state index in [4.69, 9.17) is 0 Å². The number of hydrogen-bond donors (Lipinski definition) is 1. The van der Waals surface area contributed by atoms with Crippen LogP contribution in [-0.2, 0) is 9.59 Å². The minimum atomic E-state index is -0.734. The molecular weight excluding hydrogens is 232 g/mol. The van der Waals surface area contributed by atoms with Crippen LogP contribution in [0.3, 0.4) is 0 Å². The first-order valence-electron chi connectivity index (χ1n) is 6.72. The Balaban J connectivity index is 2.57. The summed E-state index contributed by atoms with van der Waals surface area (Å²) >= 11 is 0. The van der Waals surface area contributed by atoms with Gasteiger partial charge in [0.25, 0.3) is 0 Å². The number of hydrogen-bond acceptors (Lipinski definition) is 3. The van der Waals surface area contributed by atoms with Crippen LogP contribution in [0.1, 0.15) is 33.6 Å². The van der Waals surface area contributed by atoms with E-state index in [0.717, 1.165) is 0 Å². The van der Waals surface area contributed by atoms with E-state index < -0.39 is 11.4 Å². The molecule has 1 atom stereocenters. The van der Waals surface area contributed by atoms with E-state index in [1.54, 1.807) is 4.90 Å². The molecule has 1 N–H and O–H groups in total. The maximum absolute atomic E-state index is 12.0. The van der Waals surface area contributed by atoms with Crippen molar-refractivity contribution >= 4 is 11.9 Å². The first-order chi connectivity index (χ1) is 8.49. The fraction of sp³-hybridized carbons (Fsp3) is 0.846. The van der Waals surface area contributed by atoms with Crippen molar-refractivity contribution in [3.63, 3.8) is 0 Å². The number of likely N-dealkylation sites (tertiary alicyclic amines) is 1. The first kappa shape index (κ1) is 15.0. The third kappa shape index (κ3) is 3.02. The Morgan fingerprint density at radius 3 is 2.28 bits per heavy atom. The van der Waals surface area contributed by atoms with Crippen LogP contribution in [-0.4, -0.2) is 59.5 Å². The summed E-state index contributed by atoms with van der Waals surface area (Å²) in [5.41, 5.74) is -0.649. The van der Waals surface area contributed by atoms with Crippen molar-refractivity contribution in [3.05, 3.63) is 0 Å². The van der Waals surface area contributed by atoms with Gasteiger partial charge in [0.15, 0.2) is 0 Å². The number of nitrogens with zero attached hydrogens (tertiary/aromatic N) is 2. The molecule has 1 heterocycles. The largest absolute Gasteiger partial charge is 0.481 e. The van der Waals surface area contributed by atoms with Gasteiger partial charge in [0.2, 0.25) is 5.91 Å². The van der Waals surface area contributed by atoms with Gasteiger partial charge in [0.05, 0.1) is 12.0 Å². The SMILES string of the molecule is CCN(CC)C(=O)CN1CCC(CC)(C(=O)O)C1. The quantitative estimate of drug-likeness (QED) is 0.771. The van der Waals surface area contributed by atoms with Crippen LogP contribution in [0, 0.1) is 5.41 Å². The number of amides is 1. The molecule has 0 aliphatic carbocycles. The standard InChI is InChI=1S/C13H24N2O3/c1-4-13(12(17)18)7-8-14(10-13)9-11(16)15(5-2)6-3/h4-10H2,1-3H3,(H,17,18). The van der Waals surface area contributed by atoms with Gasteiger partial charge in [0.1, 0.15) is 0 Å². The summed E-state index contributed by atoms with van der Waals surface area (Å²) in [7, 11) is 0. The number of aliphatic carboxylic acids is 1. The molecule has 0 aromatic heterocycles. The van der Waals surface area contributed by atoms with E-state index in [9.17, 15) is 14.7 Å². The maximum atomic E-state index is 12.0. The summed E-state index contributed by atoms with van der Waals surface area (Å²) in [4.78, 5) is 27.0. The summed E-state index contributed by atoms with van der Waals surface area (Å²) in [5, 5.41) is 9.30. The molecule has 1 aliphatic rings. The van der Waals surface area contributed by atoms with Crippen LogP contribution >= 0.6 is 0 Å². The zero-order valence-corrected chi connectivity index (χ0v) is 11.6. The lowest BCUT2D eigenvalue weighted by Crippen LogP contribution is -2.41. The molecule has 0 spiro atoms. The number of carbonyl (C=O) groups is 2. The summed E-state index contributed by atoms with van der Waals surface area (Å²) in [6, 6.07) is 0. The molecule has 5 heteroatoms. The summed E-state index contributed by atoms with van der Waals surface area (Å²) in [5.74, 6) is -0.639. The smallest absolute Gasteiger partial charge is 0.310 e. The van der Waals surface area contributed by atoms with Crippen molar-refractivity contribution in [3.8, 4) is 0 Å². The monoisotopic (exact) mass is 256 g/mol. The Hall–Kier alpha value is -1.10. The van der Waals surface area contributed by atoms with E-state index in [2.05, 4.69) is 0 Å². The normalized spacial score (nSPS) is 24.2. The number of carboxylic acids is 1. The lowest BCUT2D eigenvalue weighted by atomic mass is 9.84. The molecule has 1 fully saturated rings. The van der Waals surface area contributed by atoms with Crippen molar-refractivity contribution in [2.75, 3.05) is 32.7 Å². The zero-order chi connectivity index (χ0) is 13.8. The van der Waals surface area contributed by atoms with Crippen molar-refractivity contribution in [2.24, 2.45) is 5.41 Å². The second kappa shape index (κ2) is 6.18. The van der Waals surface area contributed by atoms with Gasteiger partial charge < -0.3 is 10.0 Å². The highest BCUT2D eigenvalue weighted by Gasteiger charge is 2.43. The van der Waals surface area contributed by atoms with E-state index in [1.165, 1.54) is 0 Å². The number of carbonyl (C=O) groups excluding carboxylic acids is 1. The van der Waals surface area contributed by atoms with E-state index in [0.29, 0.717) is 45.6 Å². The minimum Gasteiger partial charge on any atom is -0.481 e. The summed E-state index contributed by atoms with van der Waals surface area (Å²) in [6.45, 7) is 8.78. The van der Waals surface area contributed by atoms with Crippen molar-refractivity contribution in [1.82, 2.24) is 9.80 Å². The highest BCUT2D eigenvalue weighted by atomic mass is 16.4. The molecule has 104 valence electrons.